The number of rotatable bonds is 5. The number of urea groups is 1. The highest BCUT2D eigenvalue weighted by atomic mass is 16.5. The van der Waals surface area contributed by atoms with Crippen molar-refractivity contribution in [2.45, 2.75) is 43.9 Å². The first kappa shape index (κ1) is 14.1. The molecular formula is C12H20N2O5. The molecule has 0 aromatic rings. The van der Waals surface area contributed by atoms with E-state index >= 15 is 0 Å². The second-order valence-electron chi connectivity index (χ2n) is 5.47. The molecule has 108 valence electrons. The van der Waals surface area contributed by atoms with Crippen LogP contribution in [0.2, 0.25) is 0 Å². The zero-order valence-electron chi connectivity index (χ0n) is 10.9. The third-order valence-electron chi connectivity index (χ3n) is 3.59. The maximum Gasteiger partial charge on any atom is 0.337 e. The van der Waals surface area contributed by atoms with Gasteiger partial charge in [-0.1, -0.05) is 0 Å². The molecule has 19 heavy (non-hydrogen) atoms. The SMILES string of the molecule is CC(O)(CNC(=O)NC1CCOC1C1CC1)C(=O)O. The van der Waals surface area contributed by atoms with Crippen LogP contribution in [0.5, 0.6) is 0 Å². The summed E-state index contributed by atoms with van der Waals surface area (Å²) in [6.07, 6.45) is 3.12. The number of carboxylic acid groups (broad SMARTS) is 1. The summed E-state index contributed by atoms with van der Waals surface area (Å²) in [4.78, 5) is 22.4. The molecule has 3 atom stereocenters. The predicted molar refractivity (Wildman–Crippen MR) is 65.7 cm³/mol. The molecular weight excluding hydrogens is 252 g/mol. The Morgan fingerprint density at radius 2 is 2.05 bits per heavy atom. The lowest BCUT2D eigenvalue weighted by Crippen LogP contribution is -2.52. The van der Waals surface area contributed by atoms with Crippen molar-refractivity contribution >= 4 is 12.0 Å². The topological polar surface area (TPSA) is 108 Å². The van der Waals surface area contributed by atoms with E-state index in [4.69, 9.17) is 9.84 Å². The number of amides is 2. The summed E-state index contributed by atoms with van der Waals surface area (Å²) in [5.41, 5.74) is -1.96. The number of aliphatic carboxylic acids is 1. The Morgan fingerprint density at radius 1 is 1.37 bits per heavy atom. The van der Waals surface area contributed by atoms with E-state index in [-0.39, 0.29) is 18.7 Å². The predicted octanol–water partition coefficient (Wildman–Crippen LogP) is -0.311. The molecule has 1 aliphatic heterocycles. The van der Waals surface area contributed by atoms with Gasteiger partial charge in [0, 0.05) is 6.61 Å². The molecule has 4 N–H and O–H groups in total. The molecule has 2 rings (SSSR count). The highest BCUT2D eigenvalue weighted by molar-refractivity contribution is 5.79. The summed E-state index contributed by atoms with van der Waals surface area (Å²) in [6.45, 7) is 1.44. The van der Waals surface area contributed by atoms with Gasteiger partial charge in [0.2, 0.25) is 0 Å². The molecule has 7 nitrogen and oxygen atoms in total. The van der Waals surface area contributed by atoms with Crippen LogP contribution in [0.25, 0.3) is 0 Å². The van der Waals surface area contributed by atoms with Gasteiger partial charge in [-0.2, -0.15) is 0 Å². The molecule has 2 amide bonds. The van der Waals surface area contributed by atoms with E-state index in [0.717, 1.165) is 26.2 Å². The number of hydrogen-bond acceptors (Lipinski definition) is 4. The first-order valence-electron chi connectivity index (χ1n) is 6.52. The number of ether oxygens (including phenoxy) is 1. The van der Waals surface area contributed by atoms with Gasteiger partial charge in [0.05, 0.1) is 18.7 Å². The van der Waals surface area contributed by atoms with Gasteiger partial charge in [-0.25, -0.2) is 9.59 Å². The first-order valence-corrected chi connectivity index (χ1v) is 6.52. The van der Waals surface area contributed by atoms with Crippen LogP contribution >= 0.6 is 0 Å². The minimum atomic E-state index is -1.96. The first-order chi connectivity index (χ1) is 8.90. The van der Waals surface area contributed by atoms with Crippen LogP contribution in [0.3, 0.4) is 0 Å². The normalized spacial score (nSPS) is 29.6. The quantitative estimate of drug-likeness (QED) is 0.549. The number of nitrogens with one attached hydrogen (secondary N) is 2. The van der Waals surface area contributed by atoms with Crippen molar-refractivity contribution < 1.29 is 24.5 Å². The number of carbonyl (C=O) groups excluding carboxylic acids is 1. The molecule has 2 fully saturated rings. The Labute approximate surface area is 111 Å². The van der Waals surface area contributed by atoms with Crippen molar-refractivity contribution in [3.05, 3.63) is 0 Å². The zero-order valence-corrected chi connectivity index (χ0v) is 10.9. The monoisotopic (exact) mass is 272 g/mol. The Morgan fingerprint density at radius 3 is 2.63 bits per heavy atom. The molecule has 0 spiro atoms. The molecule has 1 aliphatic carbocycles. The fraction of sp³-hybridized carbons (Fsp3) is 0.833. The van der Waals surface area contributed by atoms with Gasteiger partial charge in [-0.15, -0.1) is 0 Å². The molecule has 0 aromatic carbocycles. The van der Waals surface area contributed by atoms with Gasteiger partial charge in [0.15, 0.2) is 5.60 Å². The van der Waals surface area contributed by atoms with Gasteiger partial charge in [0.1, 0.15) is 0 Å². The average Bonchev–Trinajstić information content (AvgIpc) is 3.08. The lowest BCUT2D eigenvalue weighted by Gasteiger charge is -2.22. The minimum absolute atomic E-state index is 0.0257. The van der Waals surface area contributed by atoms with Gasteiger partial charge in [0.25, 0.3) is 0 Å². The Hall–Kier alpha value is -1.34. The summed E-state index contributed by atoms with van der Waals surface area (Å²) >= 11 is 0. The van der Waals surface area contributed by atoms with Crippen LogP contribution in [0.1, 0.15) is 26.2 Å². The highest BCUT2D eigenvalue weighted by Gasteiger charge is 2.41. The number of carboxylic acids is 1. The van der Waals surface area contributed by atoms with E-state index in [9.17, 15) is 14.7 Å². The van der Waals surface area contributed by atoms with Crippen molar-refractivity contribution in [2.24, 2.45) is 5.92 Å². The zero-order chi connectivity index (χ0) is 14.0. The van der Waals surface area contributed by atoms with Gasteiger partial charge in [-0.3, -0.25) is 0 Å². The van der Waals surface area contributed by atoms with Gasteiger partial charge in [-0.05, 0) is 32.1 Å². The van der Waals surface area contributed by atoms with E-state index < -0.39 is 17.6 Å². The van der Waals surface area contributed by atoms with E-state index in [1.54, 1.807) is 0 Å². The fourth-order valence-electron chi connectivity index (χ4n) is 2.20. The fourth-order valence-corrected chi connectivity index (χ4v) is 2.20. The third-order valence-corrected chi connectivity index (χ3v) is 3.59. The van der Waals surface area contributed by atoms with E-state index in [1.165, 1.54) is 0 Å². The van der Waals surface area contributed by atoms with Crippen LogP contribution in [0.4, 0.5) is 4.79 Å². The van der Waals surface area contributed by atoms with Crippen LogP contribution < -0.4 is 10.6 Å². The Bertz CT molecular complexity index is 367. The van der Waals surface area contributed by atoms with Gasteiger partial charge < -0.3 is 25.6 Å². The maximum absolute atomic E-state index is 11.7. The van der Waals surface area contributed by atoms with Crippen molar-refractivity contribution in [2.75, 3.05) is 13.2 Å². The summed E-state index contributed by atoms with van der Waals surface area (Å²) in [5.74, 6) is -0.831. The van der Waals surface area contributed by atoms with Gasteiger partial charge >= 0.3 is 12.0 Å². The Balaban J connectivity index is 1.76. The minimum Gasteiger partial charge on any atom is -0.479 e. The second-order valence-corrected chi connectivity index (χ2v) is 5.47. The van der Waals surface area contributed by atoms with E-state index in [2.05, 4.69) is 10.6 Å². The number of hydrogen-bond donors (Lipinski definition) is 4. The summed E-state index contributed by atoms with van der Waals surface area (Å²) in [7, 11) is 0. The van der Waals surface area contributed by atoms with Crippen LogP contribution in [-0.4, -0.2) is 53.1 Å². The van der Waals surface area contributed by atoms with Crippen molar-refractivity contribution in [1.82, 2.24) is 10.6 Å². The van der Waals surface area contributed by atoms with Crippen LogP contribution in [-0.2, 0) is 9.53 Å². The smallest absolute Gasteiger partial charge is 0.337 e. The lowest BCUT2D eigenvalue weighted by atomic mass is 10.1. The number of aliphatic hydroxyl groups is 1. The molecule has 3 unspecified atom stereocenters. The molecule has 0 aromatic heterocycles. The lowest BCUT2D eigenvalue weighted by molar-refractivity contribution is -0.155. The molecule has 0 bridgehead atoms. The number of carbonyl (C=O) groups is 2. The van der Waals surface area contributed by atoms with E-state index in [1.807, 2.05) is 0 Å². The van der Waals surface area contributed by atoms with Crippen LogP contribution in [0, 0.1) is 5.92 Å². The molecule has 1 heterocycles. The van der Waals surface area contributed by atoms with E-state index in [0.29, 0.717) is 12.5 Å². The standard InChI is InChI=1S/C12H20N2O5/c1-12(18,10(15)16)6-13-11(17)14-8-4-5-19-9(8)7-2-3-7/h7-9,18H,2-6H2,1H3,(H,15,16)(H2,13,14,17). The molecule has 0 radical (unpaired) electrons. The van der Waals surface area contributed by atoms with Crippen molar-refractivity contribution in [3.8, 4) is 0 Å². The second kappa shape index (κ2) is 5.34. The largest absolute Gasteiger partial charge is 0.479 e. The molecule has 1 saturated heterocycles. The molecule has 2 aliphatic rings. The summed E-state index contributed by atoms with van der Waals surface area (Å²) in [6, 6.07) is -0.495. The Kier molecular flexibility index (Phi) is 3.96. The van der Waals surface area contributed by atoms with Crippen molar-refractivity contribution in [1.29, 1.82) is 0 Å². The van der Waals surface area contributed by atoms with Crippen molar-refractivity contribution in [3.63, 3.8) is 0 Å². The molecule has 1 saturated carbocycles. The summed E-state index contributed by atoms with van der Waals surface area (Å²) in [5, 5.41) is 23.4. The van der Waals surface area contributed by atoms with Crippen LogP contribution in [0.15, 0.2) is 0 Å². The molecule has 7 heteroatoms. The maximum atomic E-state index is 11.7. The average molecular weight is 272 g/mol. The summed E-state index contributed by atoms with van der Waals surface area (Å²) < 4.78 is 5.59. The third kappa shape index (κ3) is 3.57. The highest BCUT2D eigenvalue weighted by Crippen LogP contribution is 2.38.